The standard InChI is InChI=1S/C21H26ClF3NO4P/c22-17-5-1-3-15(11-17)4-2-10-29-19-7-6-16(12-18(19)21(23,24)25)8-9-20(26,13-27)14-30-31-28/h1,3,5-7,11-12,27H,2,4,8-10,13-14,26,31H2. The van der Waals surface area contributed by atoms with Crippen LogP contribution in [0.25, 0.3) is 0 Å². The molecule has 31 heavy (non-hydrogen) atoms. The van der Waals surface area contributed by atoms with Gasteiger partial charge in [-0.2, -0.15) is 13.2 Å². The van der Waals surface area contributed by atoms with Crippen molar-refractivity contribution in [3.8, 4) is 5.75 Å². The highest BCUT2D eigenvalue weighted by atomic mass is 35.5. The number of aliphatic hydroxyl groups is 1. The van der Waals surface area contributed by atoms with E-state index in [0.29, 0.717) is 23.4 Å². The van der Waals surface area contributed by atoms with E-state index in [1.165, 1.54) is 6.07 Å². The molecule has 2 aromatic rings. The Labute approximate surface area is 185 Å². The molecule has 2 rings (SSSR count). The van der Waals surface area contributed by atoms with E-state index in [9.17, 15) is 22.8 Å². The van der Waals surface area contributed by atoms with Gasteiger partial charge in [-0.25, -0.2) is 0 Å². The minimum atomic E-state index is -4.58. The second-order valence-electron chi connectivity index (χ2n) is 7.34. The summed E-state index contributed by atoms with van der Waals surface area (Å²) in [7, 11) is -1.48. The number of aliphatic hydroxyl groups excluding tert-OH is 1. The van der Waals surface area contributed by atoms with Crippen molar-refractivity contribution in [3.63, 3.8) is 0 Å². The Kier molecular flexibility index (Phi) is 9.85. The molecular formula is C21H26ClF3NO4P. The van der Waals surface area contributed by atoms with Crippen molar-refractivity contribution in [1.82, 2.24) is 0 Å². The number of rotatable bonds is 12. The highest BCUT2D eigenvalue weighted by Gasteiger charge is 2.35. The molecule has 0 aromatic heterocycles. The fourth-order valence-electron chi connectivity index (χ4n) is 3.02. The smallest absolute Gasteiger partial charge is 0.419 e. The van der Waals surface area contributed by atoms with Crippen LogP contribution in [0, 0.1) is 0 Å². The minimum absolute atomic E-state index is 0.125. The first-order valence-electron chi connectivity index (χ1n) is 9.69. The van der Waals surface area contributed by atoms with Gasteiger partial charge in [0.2, 0.25) is 0 Å². The molecule has 5 nitrogen and oxygen atoms in total. The number of aryl methyl sites for hydroxylation is 2. The van der Waals surface area contributed by atoms with Crippen LogP contribution >= 0.6 is 20.3 Å². The molecule has 2 atom stereocenters. The highest BCUT2D eigenvalue weighted by molar-refractivity contribution is 7.17. The molecule has 0 spiro atoms. The lowest BCUT2D eigenvalue weighted by Crippen LogP contribution is -2.47. The van der Waals surface area contributed by atoms with E-state index in [-0.39, 0.29) is 31.8 Å². The third kappa shape index (κ3) is 8.47. The summed E-state index contributed by atoms with van der Waals surface area (Å²) in [5.41, 5.74) is 5.32. The van der Waals surface area contributed by atoms with Crippen molar-refractivity contribution in [1.29, 1.82) is 0 Å². The van der Waals surface area contributed by atoms with Crippen LogP contribution < -0.4 is 10.5 Å². The minimum Gasteiger partial charge on any atom is -0.493 e. The van der Waals surface area contributed by atoms with Crippen LogP contribution in [0.2, 0.25) is 5.02 Å². The second-order valence-corrected chi connectivity index (χ2v) is 8.30. The second kappa shape index (κ2) is 11.9. The van der Waals surface area contributed by atoms with Gasteiger partial charge in [-0.3, -0.25) is 4.57 Å². The molecule has 3 N–H and O–H groups in total. The molecule has 2 unspecified atom stereocenters. The SMILES string of the molecule is NC(CO)(CCc1ccc(OCCCc2cccc(Cl)c2)c(C(F)(F)F)c1)CO[PH2]=O. The Balaban J connectivity index is 2.01. The van der Waals surface area contributed by atoms with E-state index in [2.05, 4.69) is 0 Å². The average Bonchev–Trinajstić information content (AvgIpc) is 2.73. The van der Waals surface area contributed by atoms with E-state index in [4.69, 9.17) is 26.6 Å². The van der Waals surface area contributed by atoms with Gasteiger partial charge in [0.05, 0.1) is 30.9 Å². The molecule has 0 radical (unpaired) electrons. The molecule has 0 heterocycles. The summed E-state index contributed by atoms with van der Waals surface area (Å²) in [6, 6.07) is 11.2. The zero-order valence-corrected chi connectivity index (χ0v) is 18.7. The Morgan fingerprint density at radius 2 is 1.84 bits per heavy atom. The van der Waals surface area contributed by atoms with E-state index in [0.717, 1.165) is 11.6 Å². The van der Waals surface area contributed by atoms with Crippen molar-refractivity contribution in [2.24, 2.45) is 5.73 Å². The normalized spacial score (nSPS) is 14.1. The van der Waals surface area contributed by atoms with E-state index in [1.807, 2.05) is 18.2 Å². The lowest BCUT2D eigenvalue weighted by molar-refractivity contribution is -0.139. The number of benzene rings is 2. The quantitative estimate of drug-likeness (QED) is 0.341. The van der Waals surface area contributed by atoms with Crippen molar-refractivity contribution in [2.75, 3.05) is 19.8 Å². The van der Waals surface area contributed by atoms with Crippen molar-refractivity contribution < 1.29 is 32.1 Å². The van der Waals surface area contributed by atoms with Crippen LogP contribution in [0.15, 0.2) is 42.5 Å². The Morgan fingerprint density at radius 3 is 2.48 bits per heavy atom. The molecule has 0 bridgehead atoms. The molecule has 0 amide bonds. The maximum absolute atomic E-state index is 13.5. The molecule has 0 saturated carbocycles. The summed E-state index contributed by atoms with van der Waals surface area (Å²) >= 11 is 5.93. The Morgan fingerprint density at radius 1 is 1.10 bits per heavy atom. The fourth-order valence-corrected chi connectivity index (χ4v) is 3.63. The summed E-state index contributed by atoms with van der Waals surface area (Å²) in [5.74, 6) is -0.234. The topological polar surface area (TPSA) is 81.8 Å². The van der Waals surface area contributed by atoms with Crippen molar-refractivity contribution >= 4 is 20.3 Å². The van der Waals surface area contributed by atoms with Crippen LogP contribution in [0.1, 0.15) is 29.5 Å². The molecule has 172 valence electrons. The van der Waals surface area contributed by atoms with Gasteiger partial charge in [0.15, 0.2) is 8.69 Å². The zero-order valence-electron chi connectivity index (χ0n) is 16.8. The van der Waals surface area contributed by atoms with Crippen LogP contribution in [-0.4, -0.2) is 30.5 Å². The Hall–Kier alpha value is -1.57. The summed E-state index contributed by atoms with van der Waals surface area (Å²) in [5, 5.41) is 10.0. The molecule has 0 saturated heterocycles. The van der Waals surface area contributed by atoms with Crippen molar-refractivity contribution in [3.05, 3.63) is 64.2 Å². The monoisotopic (exact) mass is 479 g/mol. The maximum Gasteiger partial charge on any atom is 0.419 e. The van der Waals surface area contributed by atoms with Crippen LogP contribution in [0.4, 0.5) is 13.2 Å². The molecule has 10 heteroatoms. The third-order valence-electron chi connectivity index (χ3n) is 4.77. The van der Waals surface area contributed by atoms with E-state index in [1.54, 1.807) is 12.1 Å². The van der Waals surface area contributed by atoms with Crippen LogP contribution in [0.3, 0.4) is 0 Å². The number of alkyl halides is 3. The van der Waals surface area contributed by atoms with E-state index >= 15 is 0 Å². The van der Waals surface area contributed by atoms with Gasteiger partial charge in [-0.15, -0.1) is 0 Å². The molecule has 0 aliphatic rings. The molecule has 0 fully saturated rings. The molecule has 0 aliphatic carbocycles. The summed E-state index contributed by atoms with van der Waals surface area (Å²) in [4.78, 5) is 0. The lowest BCUT2D eigenvalue weighted by atomic mass is 9.93. The van der Waals surface area contributed by atoms with Crippen LogP contribution in [0.5, 0.6) is 5.75 Å². The largest absolute Gasteiger partial charge is 0.493 e. The molecule has 2 aromatic carbocycles. The van der Waals surface area contributed by atoms with E-state index < -0.39 is 32.6 Å². The van der Waals surface area contributed by atoms with Gasteiger partial charge in [-0.05, 0) is 61.1 Å². The van der Waals surface area contributed by atoms with Gasteiger partial charge in [-0.1, -0.05) is 29.8 Å². The molecular weight excluding hydrogens is 454 g/mol. The first-order chi connectivity index (χ1) is 14.7. The predicted octanol–water partition coefficient (Wildman–Crippen LogP) is 4.68. The first-order valence-corrected chi connectivity index (χ1v) is 11.0. The van der Waals surface area contributed by atoms with Gasteiger partial charge >= 0.3 is 6.18 Å². The van der Waals surface area contributed by atoms with Crippen LogP contribution in [-0.2, 0) is 28.1 Å². The fraction of sp³-hybridized carbons (Fsp3) is 0.429. The average molecular weight is 480 g/mol. The highest BCUT2D eigenvalue weighted by Crippen LogP contribution is 2.37. The van der Waals surface area contributed by atoms with Gasteiger partial charge in [0.1, 0.15) is 5.75 Å². The summed E-state index contributed by atoms with van der Waals surface area (Å²) < 4.78 is 61.4. The van der Waals surface area contributed by atoms with Gasteiger partial charge in [0, 0.05) is 5.02 Å². The number of hydrogen-bond acceptors (Lipinski definition) is 5. The number of halogens is 4. The maximum atomic E-state index is 13.5. The number of ether oxygens (including phenoxy) is 1. The summed E-state index contributed by atoms with van der Waals surface area (Å²) in [6.07, 6.45) is -3.06. The first kappa shape index (κ1) is 25.7. The third-order valence-corrected chi connectivity index (χ3v) is 5.31. The van der Waals surface area contributed by atoms with Gasteiger partial charge in [0.25, 0.3) is 0 Å². The van der Waals surface area contributed by atoms with Crippen molar-refractivity contribution in [2.45, 2.75) is 37.4 Å². The predicted molar refractivity (Wildman–Crippen MR) is 115 cm³/mol. The number of nitrogens with two attached hydrogens (primary N) is 1. The van der Waals surface area contributed by atoms with Gasteiger partial charge < -0.3 is 20.1 Å². The summed E-state index contributed by atoms with van der Waals surface area (Å²) in [6.45, 7) is -0.450. The molecule has 0 aliphatic heterocycles. The Bertz CT molecular complexity index is 869. The number of hydrogen-bond donors (Lipinski definition) is 2. The lowest BCUT2D eigenvalue weighted by Gasteiger charge is -2.26. The zero-order chi connectivity index (χ0) is 22.9.